The minimum Gasteiger partial charge on any atom is -0.436 e. The number of piperidine rings is 1. The molecule has 1 aromatic carbocycles. The number of halogens is 1. The smallest absolute Gasteiger partial charge is 0.323 e. The largest absolute Gasteiger partial charge is 0.436 e. The van der Waals surface area contributed by atoms with Crippen LogP contribution < -0.4 is 15.8 Å². The zero-order chi connectivity index (χ0) is 21.8. The standard InChI is InChI=1S/C21H28FN7O2/c1-27-8-10-28(11-9-27)16-4-6-29(7-5-16)21(30)26-19-13-20(25-14-24-19)31-18-3-2-15(23)12-17(18)22/h2-3,12-14,16H,4-11,23H2,1H3,(H,24,25,26,30). The molecule has 2 aliphatic heterocycles. The van der Waals surface area contributed by atoms with Crippen LogP contribution in [0.15, 0.2) is 30.6 Å². The van der Waals surface area contributed by atoms with Gasteiger partial charge in [0.25, 0.3) is 0 Å². The Morgan fingerprint density at radius 3 is 2.58 bits per heavy atom. The molecular weight excluding hydrogens is 401 g/mol. The number of nitrogens with one attached hydrogen (secondary N) is 1. The highest BCUT2D eigenvalue weighted by molar-refractivity contribution is 5.88. The van der Waals surface area contributed by atoms with Crippen LogP contribution in [0.2, 0.25) is 0 Å². The molecule has 2 saturated heterocycles. The van der Waals surface area contributed by atoms with Crippen LogP contribution in [0.25, 0.3) is 0 Å². The number of rotatable bonds is 4. The predicted octanol–water partition coefficient (Wildman–Crippen LogP) is 2.23. The van der Waals surface area contributed by atoms with Crippen LogP contribution in [0.1, 0.15) is 12.8 Å². The van der Waals surface area contributed by atoms with E-state index in [4.69, 9.17) is 10.5 Å². The van der Waals surface area contributed by atoms with Crippen molar-refractivity contribution in [2.75, 3.05) is 57.4 Å². The second-order valence-corrected chi connectivity index (χ2v) is 8.02. The SMILES string of the molecule is CN1CCN(C2CCN(C(=O)Nc3cc(Oc4ccc(N)cc4F)ncn3)CC2)CC1. The minimum atomic E-state index is -0.590. The first-order valence-electron chi connectivity index (χ1n) is 10.5. The number of hydrogen-bond donors (Lipinski definition) is 2. The number of aromatic nitrogens is 2. The van der Waals surface area contributed by atoms with Gasteiger partial charge in [-0.1, -0.05) is 0 Å². The predicted molar refractivity (Wildman–Crippen MR) is 116 cm³/mol. The molecule has 3 heterocycles. The van der Waals surface area contributed by atoms with Crippen molar-refractivity contribution in [2.24, 2.45) is 0 Å². The molecule has 2 aromatic rings. The summed E-state index contributed by atoms with van der Waals surface area (Å²) in [4.78, 5) is 27.4. The second-order valence-electron chi connectivity index (χ2n) is 8.02. The van der Waals surface area contributed by atoms with Gasteiger partial charge >= 0.3 is 6.03 Å². The summed E-state index contributed by atoms with van der Waals surface area (Å²) in [5.74, 6) is -0.168. The molecule has 1 aromatic heterocycles. The van der Waals surface area contributed by atoms with Gasteiger partial charge in [-0.05, 0) is 32.0 Å². The van der Waals surface area contributed by atoms with E-state index in [-0.39, 0.29) is 17.7 Å². The first-order valence-corrected chi connectivity index (χ1v) is 10.5. The summed E-state index contributed by atoms with van der Waals surface area (Å²) in [5.41, 5.74) is 5.85. The number of benzene rings is 1. The number of nitrogens with zero attached hydrogens (tertiary/aromatic N) is 5. The van der Waals surface area contributed by atoms with Gasteiger partial charge < -0.3 is 20.3 Å². The molecule has 0 aliphatic carbocycles. The Hall–Kier alpha value is -2.98. The highest BCUT2D eigenvalue weighted by atomic mass is 19.1. The highest BCUT2D eigenvalue weighted by Gasteiger charge is 2.28. The molecule has 0 radical (unpaired) electrons. The number of carbonyl (C=O) groups excluding carboxylic acids is 1. The van der Waals surface area contributed by atoms with Crippen molar-refractivity contribution in [2.45, 2.75) is 18.9 Å². The molecule has 2 fully saturated rings. The number of nitrogen functional groups attached to an aromatic ring is 1. The molecule has 9 nitrogen and oxygen atoms in total. The van der Waals surface area contributed by atoms with Crippen LogP contribution in [0.5, 0.6) is 11.6 Å². The summed E-state index contributed by atoms with van der Waals surface area (Å²) >= 11 is 0. The zero-order valence-electron chi connectivity index (χ0n) is 17.6. The number of carbonyl (C=O) groups is 1. The molecule has 4 rings (SSSR count). The molecule has 3 N–H and O–H groups in total. The van der Waals surface area contributed by atoms with E-state index in [0.29, 0.717) is 30.6 Å². The summed E-state index contributed by atoms with van der Waals surface area (Å²) in [6.45, 7) is 5.78. The number of nitrogens with two attached hydrogens (primary N) is 1. The second kappa shape index (κ2) is 9.44. The number of likely N-dealkylation sites (N-methyl/N-ethyl adjacent to an activating group) is 1. The number of anilines is 2. The van der Waals surface area contributed by atoms with Crippen molar-refractivity contribution < 1.29 is 13.9 Å². The van der Waals surface area contributed by atoms with Gasteiger partial charge in [-0.15, -0.1) is 0 Å². The van der Waals surface area contributed by atoms with Gasteiger partial charge in [0, 0.05) is 63.1 Å². The lowest BCUT2D eigenvalue weighted by atomic mass is 10.0. The van der Waals surface area contributed by atoms with Crippen molar-refractivity contribution in [3.8, 4) is 11.6 Å². The minimum absolute atomic E-state index is 0.00356. The summed E-state index contributed by atoms with van der Waals surface area (Å²) in [6.07, 6.45) is 3.19. The van der Waals surface area contributed by atoms with Crippen LogP contribution in [-0.2, 0) is 0 Å². The quantitative estimate of drug-likeness (QED) is 0.719. The fourth-order valence-electron chi connectivity index (χ4n) is 3.99. The number of urea groups is 1. The van der Waals surface area contributed by atoms with Crippen molar-refractivity contribution in [3.63, 3.8) is 0 Å². The van der Waals surface area contributed by atoms with Crippen molar-refractivity contribution >= 4 is 17.5 Å². The zero-order valence-corrected chi connectivity index (χ0v) is 17.6. The average molecular weight is 430 g/mol. The van der Waals surface area contributed by atoms with Crippen LogP contribution in [0.4, 0.5) is 20.7 Å². The highest BCUT2D eigenvalue weighted by Crippen LogP contribution is 2.25. The molecule has 0 atom stereocenters. The van der Waals surface area contributed by atoms with Gasteiger partial charge in [0.2, 0.25) is 5.88 Å². The Balaban J connectivity index is 1.30. The maximum Gasteiger partial charge on any atom is 0.323 e. The topological polar surface area (TPSA) is 99.8 Å². The van der Waals surface area contributed by atoms with Gasteiger partial charge in [-0.25, -0.2) is 19.2 Å². The third-order valence-corrected chi connectivity index (χ3v) is 5.85. The van der Waals surface area contributed by atoms with Crippen LogP contribution in [-0.4, -0.2) is 83.1 Å². The average Bonchev–Trinajstić information content (AvgIpc) is 2.77. The maximum atomic E-state index is 13.9. The third kappa shape index (κ3) is 5.39. The van der Waals surface area contributed by atoms with E-state index in [9.17, 15) is 9.18 Å². The Morgan fingerprint density at radius 1 is 1.13 bits per heavy atom. The van der Waals surface area contributed by atoms with Gasteiger partial charge in [-0.2, -0.15) is 0 Å². The summed E-state index contributed by atoms with van der Waals surface area (Å²) in [5, 5.41) is 2.78. The lowest BCUT2D eigenvalue weighted by Crippen LogP contribution is -2.53. The monoisotopic (exact) mass is 429 g/mol. The van der Waals surface area contributed by atoms with Gasteiger partial charge in [0.05, 0.1) is 0 Å². The van der Waals surface area contributed by atoms with E-state index in [1.807, 2.05) is 0 Å². The lowest BCUT2D eigenvalue weighted by Gasteiger charge is -2.42. The molecule has 0 saturated carbocycles. The molecule has 10 heteroatoms. The lowest BCUT2D eigenvalue weighted by molar-refractivity contribution is 0.0765. The summed E-state index contributed by atoms with van der Waals surface area (Å²) in [6, 6.07) is 5.92. The number of amides is 2. The van der Waals surface area contributed by atoms with Crippen molar-refractivity contribution in [3.05, 3.63) is 36.4 Å². The molecule has 0 unspecified atom stereocenters. The Morgan fingerprint density at radius 2 is 1.87 bits per heavy atom. The van der Waals surface area contributed by atoms with Gasteiger partial charge in [-0.3, -0.25) is 10.2 Å². The molecule has 2 aliphatic rings. The molecular formula is C21H28FN7O2. The van der Waals surface area contributed by atoms with Crippen LogP contribution >= 0.6 is 0 Å². The number of ether oxygens (including phenoxy) is 1. The van der Waals surface area contributed by atoms with Crippen molar-refractivity contribution in [1.29, 1.82) is 0 Å². The van der Waals surface area contributed by atoms with E-state index in [1.54, 1.807) is 4.90 Å². The fourth-order valence-corrected chi connectivity index (χ4v) is 3.99. The van der Waals surface area contributed by atoms with Crippen molar-refractivity contribution in [1.82, 2.24) is 24.7 Å². The Bertz CT molecular complexity index is 912. The van der Waals surface area contributed by atoms with E-state index >= 15 is 0 Å². The normalized spacial score (nSPS) is 18.7. The molecule has 0 spiro atoms. The van der Waals surface area contributed by atoms with E-state index in [2.05, 4.69) is 32.1 Å². The van der Waals surface area contributed by atoms with Crippen LogP contribution in [0.3, 0.4) is 0 Å². The Labute approximate surface area is 181 Å². The van der Waals surface area contributed by atoms with Crippen LogP contribution in [0, 0.1) is 5.82 Å². The van der Waals surface area contributed by atoms with E-state index in [1.165, 1.54) is 30.6 Å². The van der Waals surface area contributed by atoms with Gasteiger partial charge in [0.1, 0.15) is 12.1 Å². The Kier molecular flexibility index (Phi) is 6.47. The number of hydrogen-bond acceptors (Lipinski definition) is 7. The summed E-state index contributed by atoms with van der Waals surface area (Å²) < 4.78 is 19.4. The third-order valence-electron chi connectivity index (χ3n) is 5.85. The first kappa shape index (κ1) is 21.3. The summed E-state index contributed by atoms with van der Waals surface area (Å²) in [7, 11) is 2.15. The molecule has 0 bridgehead atoms. The molecule has 31 heavy (non-hydrogen) atoms. The molecule has 2 amide bonds. The first-order chi connectivity index (χ1) is 15.0. The van der Waals surface area contributed by atoms with Gasteiger partial charge in [0.15, 0.2) is 11.6 Å². The maximum absolute atomic E-state index is 13.9. The van der Waals surface area contributed by atoms with E-state index < -0.39 is 5.82 Å². The fraction of sp³-hybridized carbons (Fsp3) is 0.476. The number of likely N-dealkylation sites (tertiary alicyclic amines) is 1. The number of piperazine rings is 1. The molecule has 166 valence electrons. The van der Waals surface area contributed by atoms with E-state index in [0.717, 1.165) is 39.0 Å².